The number of nitrogens with two attached hydrogens (primary N) is 1. The molecule has 0 spiro atoms. The molecule has 1 fully saturated rings. The fraction of sp³-hybridized carbons (Fsp3) is 0.917. The highest BCUT2D eigenvalue weighted by molar-refractivity contribution is 5.76. The van der Waals surface area contributed by atoms with Crippen LogP contribution in [0.3, 0.4) is 0 Å². The summed E-state index contributed by atoms with van der Waals surface area (Å²) in [6.45, 7) is -0.547. The van der Waals surface area contributed by atoms with Crippen molar-refractivity contribution in [3.05, 3.63) is 0 Å². The minimum atomic E-state index is -2.47. The van der Waals surface area contributed by atoms with Crippen molar-refractivity contribution in [2.75, 3.05) is 20.3 Å². The molecule has 0 heterocycles. The van der Waals surface area contributed by atoms with E-state index in [1.807, 2.05) is 0 Å². The van der Waals surface area contributed by atoms with E-state index in [0.717, 1.165) is 25.7 Å². The second kappa shape index (κ2) is 7.63. The van der Waals surface area contributed by atoms with Crippen molar-refractivity contribution in [1.82, 2.24) is 4.90 Å². The quantitative estimate of drug-likeness (QED) is 0.737. The number of alkyl halides is 2. The average Bonchev–Trinajstić information content (AvgIpc) is 2.34. The predicted octanol–water partition coefficient (Wildman–Crippen LogP) is 1.39. The van der Waals surface area contributed by atoms with E-state index in [4.69, 9.17) is 10.5 Å². The van der Waals surface area contributed by atoms with Gasteiger partial charge in [0.15, 0.2) is 0 Å². The first-order valence-electron chi connectivity index (χ1n) is 6.38. The SMILES string of the molecule is CN(C(=O)CCOCC(F)F)C1CCC(N)CC1. The van der Waals surface area contributed by atoms with Gasteiger partial charge in [0.05, 0.1) is 13.0 Å². The van der Waals surface area contributed by atoms with Crippen LogP contribution in [0.15, 0.2) is 0 Å². The third-order valence-electron chi connectivity index (χ3n) is 3.39. The summed E-state index contributed by atoms with van der Waals surface area (Å²) in [6, 6.07) is 0.478. The third kappa shape index (κ3) is 5.27. The third-order valence-corrected chi connectivity index (χ3v) is 3.39. The number of carbonyl (C=O) groups excluding carboxylic acids is 1. The first-order valence-corrected chi connectivity index (χ1v) is 6.38. The van der Waals surface area contributed by atoms with Crippen LogP contribution in [-0.4, -0.2) is 49.6 Å². The van der Waals surface area contributed by atoms with Crippen LogP contribution in [0.2, 0.25) is 0 Å². The highest BCUT2D eigenvalue weighted by Crippen LogP contribution is 2.21. The lowest BCUT2D eigenvalue weighted by Gasteiger charge is -2.33. The Bertz CT molecular complexity index is 256. The Morgan fingerprint density at radius 2 is 2.00 bits per heavy atom. The zero-order valence-electron chi connectivity index (χ0n) is 10.8. The predicted molar refractivity (Wildman–Crippen MR) is 64.4 cm³/mol. The maximum Gasteiger partial charge on any atom is 0.261 e. The maximum absolute atomic E-state index is 11.8. The first kappa shape index (κ1) is 15.3. The van der Waals surface area contributed by atoms with Crippen LogP contribution in [0, 0.1) is 0 Å². The van der Waals surface area contributed by atoms with E-state index in [9.17, 15) is 13.6 Å². The van der Waals surface area contributed by atoms with E-state index < -0.39 is 13.0 Å². The summed E-state index contributed by atoms with van der Waals surface area (Å²) < 4.78 is 28.3. The van der Waals surface area contributed by atoms with Crippen molar-refractivity contribution in [1.29, 1.82) is 0 Å². The number of hydrogen-bond acceptors (Lipinski definition) is 3. The van der Waals surface area contributed by atoms with Crippen LogP contribution < -0.4 is 5.73 Å². The van der Waals surface area contributed by atoms with Crippen LogP contribution in [-0.2, 0) is 9.53 Å². The summed E-state index contributed by atoms with van der Waals surface area (Å²) in [5.41, 5.74) is 5.81. The molecule has 0 atom stereocenters. The van der Waals surface area contributed by atoms with Crippen molar-refractivity contribution in [2.24, 2.45) is 5.73 Å². The van der Waals surface area contributed by atoms with Gasteiger partial charge in [-0.3, -0.25) is 4.79 Å². The molecule has 0 aromatic heterocycles. The van der Waals surface area contributed by atoms with Crippen molar-refractivity contribution < 1.29 is 18.3 Å². The van der Waals surface area contributed by atoms with Crippen molar-refractivity contribution in [2.45, 2.75) is 50.6 Å². The van der Waals surface area contributed by atoms with Gasteiger partial charge in [-0.05, 0) is 25.7 Å². The summed E-state index contributed by atoms with van der Waals surface area (Å²) in [6.07, 6.45) is 1.39. The van der Waals surface area contributed by atoms with Gasteiger partial charge in [-0.15, -0.1) is 0 Å². The molecule has 4 nitrogen and oxygen atoms in total. The fourth-order valence-electron chi connectivity index (χ4n) is 2.20. The molecular formula is C12H22F2N2O2. The number of ether oxygens (including phenoxy) is 1. The zero-order valence-corrected chi connectivity index (χ0v) is 10.8. The van der Waals surface area contributed by atoms with E-state index in [1.54, 1.807) is 11.9 Å². The van der Waals surface area contributed by atoms with Gasteiger partial charge in [0, 0.05) is 19.1 Å². The molecule has 1 saturated carbocycles. The van der Waals surface area contributed by atoms with Crippen molar-refractivity contribution >= 4 is 5.91 Å². The first-order chi connectivity index (χ1) is 8.50. The monoisotopic (exact) mass is 264 g/mol. The maximum atomic E-state index is 11.8. The molecule has 1 aliphatic carbocycles. The zero-order chi connectivity index (χ0) is 13.5. The summed E-state index contributed by atoms with van der Waals surface area (Å²) in [5, 5.41) is 0. The van der Waals surface area contributed by atoms with Gasteiger partial charge >= 0.3 is 0 Å². The van der Waals surface area contributed by atoms with Gasteiger partial charge in [0.2, 0.25) is 5.91 Å². The van der Waals surface area contributed by atoms with E-state index >= 15 is 0 Å². The summed E-state index contributed by atoms with van der Waals surface area (Å²) in [5.74, 6) is -0.0512. The molecule has 0 aliphatic heterocycles. The second-order valence-corrected chi connectivity index (χ2v) is 4.79. The number of rotatable bonds is 6. The molecular weight excluding hydrogens is 242 g/mol. The Labute approximate surface area is 106 Å². The Hall–Kier alpha value is -0.750. The highest BCUT2D eigenvalue weighted by Gasteiger charge is 2.24. The highest BCUT2D eigenvalue weighted by atomic mass is 19.3. The Balaban J connectivity index is 2.20. The number of amides is 1. The van der Waals surface area contributed by atoms with Crippen LogP contribution in [0.1, 0.15) is 32.1 Å². The topological polar surface area (TPSA) is 55.6 Å². The van der Waals surface area contributed by atoms with Crippen LogP contribution in [0.5, 0.6) is 0 Å². The summed E-state index contributed by atoms with van der Waals surface area (Å²) in [4.78, 5) is 13.5. The molecule has 1 amide bonds. The molecule has 6 heteroatoms. The normalized spacial score (nSPS) is 24.3. The van der Waals surface area contributed by atoms with Crippen molar-refractivity contribution in [3.8, 4) is 0 Å². The van der Waals surface area contributed by atoms with E-state index in [0.29, 0.717) is 0 Å². The second-order valence-electron chi connectivity index (χ2n) is 4.79. The minimum Gasteiger partial charge on any atom is -0.375 e. The van der Waals surface area contributed by atoms with E-state index in [1.165, 1.54) is 0 Å². The van der Waals surface area contributed by atoms with Gasteiger partial charge in [0.1, 0.15) is 6.61 Å². The standard InChI is InChI=1S/C12H22F2N2O2/c1-16(10-4-2-9(15)3-5-10)12(17)6-7-18-8-11(13)14/h9-11H,2-8,15H2,1H3. The molecule has 106 valence electrons. The molecule has 0 unspecified atom stereocenters. The molecule has 0 radical (unpaired) electrons. The minimum absolute atomic E-state index is 0.0512. The molecule has 1 rings (SSSR count). The molecule has 0 bridgehead atoms. The average molecular weight is 264 g/mol. The summed E-state index contributed by atoms with van der Waals surface area (Å²) >= 11 is 0. The lowest BCUT2D eigenvalue weighted by Crippen LogP contribution is -2.42. The number of nitrogens with zero attached hydrogens (tertiary/aromatic N) is 1. The molecule has 0 aromatic carbocycles. The van der Waals surface area contributed by atoms with E-state index in [2.05, 4.69) is 0 Å². The van der Waals surface area contributed by atoms with Crippen LogP contribution in [0.4, 0.5) is 8.78 Å². The molecule has 1 aliphatic rings. The Morgan fingerprint density at radius 3 is 2.56 bits per heavy atom. The number of carbonyl (C=O) groups is 1. The van der Waals surface area contributed by atoms with E-state index in [-0.39, 0.29) is 31.0 Å². The smallest absolute Gasteiger partial charge is 0.261 e. The number of hydrogen-bond donors (Lipinski definition) is 1. The Kier molecular flexibility index (Phi) is 6.49. The molecule has 0 aromatic rings. The van der Waals surface area contributed by atoms with Gasteiger partial charge in [-0.2, -0.15) is 0 Å². The molecule has 18 heavy (non-hydrogen) atoms. The van der Waals surface area contributed by atoms with Gasteiger partial charge in [-0.25, -0.2) is 8.78 Å². The molecule has 2 N–H and O–H groups in total. The van der Waals surface area contributed by atoms with Crippen LogP contribution >= 0.6 is 0 Å². The Morgan fingerprint density at radius 1 is 1.39 bits per heavy atom. The van der Waals surface area contributed by atoms with Gasteiger partial charge < -0.3 is 15.4 Å². The largest absolute Gasteiger partial charge is 0.375 e. The van der Waals surface area contributed by atoms with Crippen molar-refractivity contribution in [3.63, 3.8) is 0 Å². The van der Waals surface area contributed by atoms with Crippen LogP contribution in [0.25, 0.3) is 0 Å². The molecule has 0 saturated heterocycles. The number of halogens is 2. The van der Waals surface area contributed by atoms with Gasteiger partial charge in [-0.1, -0.05) is 0 Å². The lowest BCUT2D eigenvalue weighted by molar-refractivity contribution is -0.134. The van der Waals surface area contributed by atoms with Gasteiger partial charge in [0.25, 0.3) is 6.43 Å². The summed E-state index contributed by atoms with van der Waals surface area (Å²) in [7, 11) is 1.76. The fourth-order valence-corrected chi connectivity index (χ4v) is 2.20. The lowest BCUT2D eigenvalue weighted by atomic mass is 9.91.